The number of para-hydroxylation sites is 1. The first-order valence-corrected chi connectivity index (χ1v) is 6.48. The zero-order chi connectivity index (χ0) is 15.0. The van der Waals surface area contributed by atoms with Crippen molar-refractivity contribution >= 4 is 22.3 Å². The molecule has 2 heterocycles. The Hall–Kier alpha value is -2.67. The number of H-pyrrole nitrogens is 1. The lowest BCUT2D eigenvalue weighted by atomic mass is 10.2. The lowest BCUT2D eigenvalue weighted by molar-refractivity contribution is 0.248. The lowest BCUT2D eigenvalue weighted by Gasteiger charge is -2.16. The van der Waals surface area contributed by atoms with E-state index in [9.17, 15) is 9.90 Å². The topological polar surface area (TPSA) is 113 Å². The highest BCUT2D eigenvalue weighted by Gasteiger charge is 2.29. The van der Waals surface area contributed by atoms with Gasteiger partial charge in [0.05, 0.1) is 29.6 Å². The molecule has 0 bridgehead atoms. The summed E-state index contributed by atoms with van der Waals surface area (Å²) in [5.41, 5.74) is 0.389. The van der Waals surface area contributed by atoms with Gasteiger partial charge in [-0.05, 0) is 12.1 Å². The van der Waals surface area contributed by atoms with Gasteiger partial charge in [-0.1, -0.05) is 12.1 Å². The minimum Gasteiger partial charge on any atom is -0.510 e. The van der Waals surface area contributed by atoms with E-state index in [1.807, 2.05) is 0 Å². The molecule has 0 radical (unpaired) electrons. The zero-order valence-corrected chi connectivity index (χ0v) is 11.1. The first-order valence-electron chi connectivity index (χ1n) is 6.48. The fraction of sp³-hybridized carbons (Fsp3) is 0.214. The van der Waals surface area contributed by atoms with E-state index in [1.54, 1.807) is 24.3 Å². The number of benzene rings is 1. The van der Waals surface area contributed by atoms with Crippen molar-refractivity contribution in [1.82, 2.24) is 14.9 Å². The molecule has 0 amide bonds. The molecule has 3 rings (SSSR count). The van der Waals surface area contributed by atoms with Crippen LogP contribution < -0.4 is 5.56 Å². The summed E-state index contributed by atoms with van der Waals surface area (Å²) in [5, 5.41) is 27.5. The van der Waals surface area contributed by atoms with E-state index in [1.165, 1.54) is 4.90 Å². The number of amidine groups is 1. The number of aromatic nitrogens is 2. The summed E-state index contributed by atoms with van der Waals surface area (Å²) in [6.07, 6.45) is 0. The van der Waals surface area contributed by atoms with Crippen molar-refractivity contribution in [3.05, 3.63) is 46.2 Å². The smallest absolute Gasteiger partial charge is 0.259 e. The van der Waals surface area contributed by atoms with Gasteiger partial charge < -0.3 is 20.1 Å². The number of β-amino-alcohol motifs (C(OH)–C–C–N with tert-alkyl or cyclic N) is 1. The second-order valence-corrected chi connectivity index (χ2v) is 4.75. The van der Waals surface area contributed by atoms with Crippen LogP contribution in [-0.2, 0) is 0 Å². The number of fused-ring (bicyclic) bond motifs is 1. The van der Waals surface area contributed by atoms with Crippen molar-refractivity contribution in [2.75, 3.05) is 19.7 Å². The number of nitrogens with zero attached hydrogens (tertiary/aromatic N) is 2. The molecule has 21 heavy (non-hydrogen) atoms. The van der Waals surface area contributed by atoms with Crippen LogP contribution in [-0.4, -0.2) is 50.6 Å². The molecule has 0 fully saturated rings. The summed E-state index contributed by atoms with van der Waals surface area (Å²) in [5.74, 6) is 0.175. The Morgan fingerprint density at radius 2 is 2.14 bits per heavy atom. The van der Waals surface area contributed by atoms with E-state index < -0.39 is 0 Å². The minimum absolute atomic E-state index is 0.0353. The van der Waals surface area contributed by atoms with E-state index >= 15 is 0 Å². The van der Waals surface area contributed by atoms with Gasteiger partial charge in [-0.3, -0.25) is 10.2 Å². The number of aliphatic hydroxyl groups is 2. The number of aliphatic hydroxyl groups excluding tert-OH is 2. The highest BCUT2D eigenvalue weighted by Crippen LogP contribution is 2.24. The second kappa shape index (κ2) is 5.02. The van der Waals surface area contributed by atoms with Crippen LogP contribution in [0.1, 0.15) is 5.82 Å². The third-order valence-electron chi connectivity index (χ3n) is 3.40. The number of hydrogen-bond donors (Lipinski definition) is 4. The van der Waals surface area contributed by atoms with E-state index in [4.69, 9.17) is 10.5 Å². The molecule has 0 spiro atoms. The molecule has 0 saturated heterocycles. The number of aromatic amines is 1. The molecular weight excluding hydrogens is 272 g/mol. The predicted octanol–water partition coefficient (Wildman–Crippen LogP) is 0.477. The average molecular weight is 286 g/mol. The van der Waals surface area contributed by atoms with E-state index in [0.29, 0.717) is 10.9 Å². The summed E-state index contributed by atoms with van der Waals surface area (Å²) in [4.78, 5) is 20.5. The molecule has 0 aliphatic carbocycles. The Balaban J connectivity index is 2.11. The maximum atomic E-state index is 12.1. The van der Waals surface area contributed by atoms with E-state index in [2.05, 4.69) is 9.97 Å². The van der Waals surface area contributed by atoms with E-state index in [-0.39, 0.29) is 48.2 Å². The SMILES string of the molecule is N=C1C(c2nc3ccccc3c(=O)[nH]2)=C(O)CN1CCO. The van der Waals surface area contributed by atoms with Gasteiger partial charge in [-0.25, -0.2) is 4.98 Å². The van der Waals surface area contributed by atoms with Crippen molar-refractivity contribution in [3.63, 3.8) is 0 Å². The van der Waals surface area contributed by atoms with Crippen LogP contribution in [0.5, 0.6) is 0 Å². The maximum Gasteiger partial charge on any atom is 0.259 e. The van der Waals surface area contributed by atoms with Gasteiger partial charge in [0.2, 0.25) is 0 Å². The highest BCUT2D eigenvalue weighted by molar-refractivity contribution is 6.22. The molecule has 1 aromatic carbocycles. The van der Waals surface area contributed by atoms with Gasteiger partial charge in [0, 0.05) is 6.54 Å². The predicted molar refractivity (Wildman–Crippen MR) is 78.3 cm³/mol. The Labute approximate surface area is 119 Å². The molecule has 1 aliphatic heterocycles. The summed E-state index contributed by atoms with van der Waals surface area (Å²) < 4.78 is 0. The largest absolute Gasteiger partial charge is 0.510 e. The van der Waals surface area contributed by atoms with Crippen LogP contribution in [0.25, 0.3) is 16.5 Å². The first-order chi connectivity index (χ1) is 10.1. The Kier molecular flexibility index (Phi) is 3.19. The fourth-order valence-corrected chi connectivity index (χ4v) is 2.40. The Morgan fingerprint density at radius 1 is 1.38 bits per heavy atom. The normalized spacial score (nSPS) is 15.3. The summed E-state index contributed by atoms with van der Waals surface area (Å²) in [7, 11) is 0. The maximum absolute atomic E-state index is 12.1. The van der Waals surface area contributed by atoms with Crippen LogP contribution in [0.15, 0.2) is 34.8 Å². The fourth-order valence-electron chi connectivity index (χ4n) is 2.40. The first kappa shape index (κ1) is 13.3. The molecule has 2 aromatic rings. The van der Waals surface area contributed by atoms with Gasteiger partial charge in [0.15, 0.2) is 0 Å². The summed E-state index contributed by atoms with van der Waals surface area (Å²) in [6, 6.07) is 6.88. The highest BCUT2D eigenvalue weighted by atomic mass is 16.3. The van der Waals surface area contributed by atoms with Crippen LogP contribution in [0.3, 0.4) is 0 Å². The van der Waals surface area contributed by atoms with Crippen LogP contribution >= 0.6 is 0 Å². The summed E-state index contributed by atoms with van der Waals surface area (Å²) in [6.45, 7) is 0.250. The van der Waals surface area contributed by atoms with Crippen LogP contribution in [0.2, 0.25) is 0 Å². The van der Waals surface area contributed by atoms with Gasteiger partial charge in [-0.2, -0.15) is 0 Å². The zero-order valence-electron chi connectivity index (χ0n) is 11.1. The van der Waals surface area contributed by atoms with Crippen LogP contribution in [0.4, 0.5) is 0 Å². The lowest BCUT2D eigenvalue weighted by Crippen LogP contribution is -2.30. The van der Waals surface area contributed by atoms with Gasteiger partial charge in [-0.15, -0.1) is 0 Å². The Bertz CT molecular complexity index is 809. The number of hydrogen-bond acceptors (Lipinski definition) is 5. The molecular formula is C14H14N4O3. The monoisotopic (exact) mass is 286 g/mol. The molecule has 108 valence electrons. The molecule has 0 saturated carbocycles. The molecule has 7 nitrogen and oxygen atoms in total. The van der Waals surface area contributed by atoms with Crippen LogP contribution in [0, 0.1) is 5.41 Å². The third kappa shape index (κ3) is 2.17. The number of rotatable bonds is 3. The molecule has 7 heteroatoms. The molecule has 1 aromatic heterocycles. The van der Waals surface area contributed by atoms with Gasteiger partial charge >= 0.3 is 0 Å². The van der Waals surface area contributed by atoms with Gasteiger partial charge in [0.25, 0.3) is 5.56 Å². The standard InChI is InChI=1S/C14H14N4O3/c15-12-11(10(20)7-18(12)5-6-19)13-16-9-4-2-1-3-8(9)14(21)17-13/h1-4,15,19-20H,5-7H2,(H,16,17,21). The van der Waals surface area contributed by atoms with Crippen molar-refractivity contribution in [3.8, 4) is 0 Å². The molecule has 0 unspecified atom stereocenters. The van der Waals surface area contributed by atoms with Crippen molar-refractivity contribution in [2.45, 2.75) is 0 Å². The van der Waals surface area contributed by atoms with Crippen molar-refractivity contribution in [2.24, 2.45) is 0 Å². The molecule has 4 N–H and O–H groups in total. The molecule has 0 atom stereocenters. The quantitative estimate of drug-likeness (QED) is 0.655. The number of nitrogens with one attached hydrogen (secondary N) is 2. The van der Waals surface area contributed by atoms with Crippen molar-refractivity contribution < 1.29 is 10.2 Å². The Morgan fingerprint density at radius 3 is 2.90 bits per heavy atom. The van der Waals surface area contributed by atoms with Crippen molar-refractivity contribution in [1.29, 1.82) is 5.41 Å². The van der Waals surface area contributed by atoms with Gasteiger partial charge in [0.1, 0.15) is 17.4 Å². The minimum atomic E-state index is -0.315. The van der Waals surface area contributed by atoms with E-state index in [0.717, 1.165) is 0 Å². The average Bonchev–Trinajstić information content (AvgIpc) is 2.74. The second-order valence-electron chi connectivity index (χ2n) is 4.75. The third-order valence-corrected chi connectivity index (χ3v) is 3.40. The molecule has 1 aliphatic rings. The summed E-state index contributed by atoms with van der Waals surface area (Å²) >= 11 is 0.